The van der Waals surface area contributed by atoms with Crippen molar-refractivity contribution in [2.75, 3.05) is 25.0 Å². The Morgan fingerprint density at radius 2 is 1.74 bits per heavy atom. The molecule has 4 rings (SSSR count). The van der Waals surface area contributed by atoms with Gasteiger partial charge in [0.15, 0.2) is 11.6 Å². The van der Waals surface area contributed by atoms with E-state index in [0.29, 0.717) is 28.8 Å². The molecule has 2 aromatic carbocycles. The first-order valence-corrected chi connectivity index (χ1v) is 9.43. The number of benzene rings is 2. The molecule has 0 atom stereocenters. The molecule has 0 aliphatic heterocycles. The zero-order valence-corrected chi connectivity index (χ0v) is 17.5. The fourth-order valence-corrected chi connectivity index (χ4v) is 2.91. The van der Waals surface area contributed by atoms with E-state index in [2.05, 4.69) is 36.1 Å². The lowest BCUT2D eigenvalue weighted by atomic mass is 10.1. The molecule has 0 radical (unpaired) electrons. The number of fused-ring (bicyclic) bond motifs is 1. The fraction of sp³-hybridized carbons (Fsp3) is 0.190. The molecule has 2 aromatic heterocycles. The summed E-state index contributed by atoms with van der Waals surface area (Å²) < 4.78 is 15.4. The molecule has 0 saturated heterocycles. The molecule has 4 aromatic rings. The maximum absolute atomic E-state index is 5.39. The van der Waals surface area contributed by atoms with Crippen LogP contribution in [0.25, 0.3) is 11.3 Å². The summed E-state index contributed by atoms with van der Waals surface area (Å²) in [6, 6.07) is 11.4. The summed E-state index contributed by atoms with van der Waals surface area (Å²) in [5.41, 5.74) is 7.39. The van der Waals surface area contributed by atoms with Gasteiger partial charge in [-0.3, -0.25) is 5.43 Å². The molecule has 0 spiro atoms. The van der Waals surface area contributed by atoms with Crippen LogP contribution in [0.5, 0.6) is 11.5 Å². The Bertz CT molecular complexity index is 1250. The highest BCUT2D eigenvalue weighted by Crippen LogP contribution is 2.27. The summed E-state index contributed by atoms with van der Waals surface area (Å²) in [6.45, 7) is 4.07. The first kappa shape index (κ1) is 20.1. The highest BCUT2D eigenvalue weighted by molar-refractivity contribution is 5.85. The van der Waals surface area contributed by atoms with E-state index in [4.69, 9.17) is 14.1 Å². The number of nitrogens with zero attached hydrogens (tertiary/aromatic N) is 5. The number of nitrogens with one attached hydrogen (secondary N) is 2. The Morgan fingerprint density at radius 1 is 0.968 bits per heavy atom. The predicted octanol–water partition coefficient (Wildman–Crippen LogP) is 3.84. The molecule has 2 N–H and O–H groups in total. The molecule has 0 amide bonds. The van der Waals surface area contributed by atoms with Gasteiger partial charge in [0, 0.05) is 17.3 Å². The van der Waals surface area contributed by atoms with Crippen molar-refractivity contribution in [3.63, 3.8) is 0 Å². The molecule has 0 fully saturated rings. The molecule has 10 heteroatoms. The van der Waals surface area contributed by atoms with E-state index in [1.165, 1.54) is 0 Å². The van der Waals surface area contributed by atoms with Crippen LogP contribution < -0.4 is 20.2 Å². The van der Waals surface area contributed by atoms with Crippen LogP contribution in [0.2, 0.25) is 0 Å². The van der Waals surface area contributed by atoms with Crippen LogP contribution >= 0.6 is 0 Å². The van der Waals surface area contributed by atoms with Gasteiger partial charge in [-0.25, -0.2) is 9.61 Å². The van der Waals surface area contributed by atoms with Crippen molar-refractivity contribution >= 4 is 34.8 Å². The zero-order valence-electron chi connectivity index (χ0n) is 17.5. The zero-order chi connectivity index (χ0) is 21.8. The standard InChI is InChI=1S/C21H21N7O3/c1-12-6-5-7-16(13(12)2)23-18-19(25-21-20(24-18)27-31-28-21)26-22-11-14-8-9-15(29-3)10-17(14)30-4/h5-11H,1-4H3,(H,23,24,27)(H,25,26,28)/b22-11+. The predicted molar refractivity (Wildman–Crippen MR) is 117 cm³/mol. The van der Waals surface area contributed by atoms with Gasteiger partial charge in [0.25, 0.3) is 0 Å². The lowest BCUT2D eigenvalue weighted by molar-refractivity contribution is 0.314. The topological polar surface area (TPSA) is 120 Å². The number of methoxy groups -OCH3 is 2. The largest absolute Gasteiger partial charge is 0.497 e. The van der Waals surface area contributed by atoms with Gasteiger partial charge in [-0.2, -0.15) is 10.1 Å². The average molecular weight is 419 g/mol. The number of rotatable bonds is 7. The third-order valence-corrected chi connectivity index (χ3v) is 4.79. The Labute approximate surface area is 178 Å². The van der Waals surface area contributed by atoms with Gasteiger partial charge in [-0.15, -0.1) is 0 Å². The number of hydrogen-bond acceptors (Lipinski definition) is 10. The summed E-state index contributed by atoms with van der Waals surface area (Å²) >= 11 is 0. The lowest BCUT2D eigenvalue weighted by Gasteiger charge is -2.13. The van der Waals surface area contributed by atoms with Crippen molar-refractivity contribution in [3.8, 4) is 11.5 Å². The highest BCUT2D eigenvalue weighted by atomic mass is 16.6. The minimum absolute atomic E-state index is 0.270. The Hall–Kier alpha value is -4.21. The first-order valence-electron chi connectivity index (χ1n) is 9.43. The van der Waals surface area contributed by atoms with Gasteiger partial charge in [0.1, 0.15) is 11.5 Å². The van der Waals surface area contributed by atoms with Gasteiger partial charge < -0.3 is 14.8 Å². The van der Waals surface area contributed by atoms with E-state index in [1.54, 1.807) is 26.5 Å². The quantitative estimate of drug-likeness (QED) is 0.340. The molecular weight excluding hydrogens is 398 g/mol. The number of hydrogen-bond donors (Lipinski definition) is 2. The van der Waals surface area contributed by atoms with Gasteiger partial charge in [0.05, 0.1) is 20.4 Å². The fourth-order valence-electron chi connectivity index (χ4n) is 2.91. The van der Waals surface area contributed by atoms with E-state index in [-0.39, 0.29) is 5.65 Å². The van der Waals surface area contributed by atoms with Crippen LogP contribution in [0.3, 0.4) is 0 Å². The van der Waals surface area contributed by atoms with Crippen LogP contribution in [0.15, 0.2) is 46.1 Å². The smallest absolute Gasteiger partial charge is 0.245 e. The van der Waals surface area contributed by atoms with Gasteiger partial charge in [0.2, 0.25) is 11.3 Å². The minimum Gasteiger partial charge on any atom is -0.497 e. The van der Waals surface area contributed by atoms with E-state index >= 15 is 0 Å². The SMILES string of the molecule is COc1ccc(/C=N/Nc2nc3nonc3nc2Nc2cccc(C)c2C)c(OC)c1. The van der Waals surface area contributed by atoms with Crippen molar-refractivity contribution in [2.45, 2.75) is 13.8 Å². The number of aryl methyl sites for hydroxylation is 1. The monoisotopic (exact) mass is 419 g/mol. The molecule has 2 heterocycles. The second-order valence-corrected chi connectivity index (χ2v) is 6.68. The number of ether oxygens (including phenoxy) is 2. The Balaban J connectivity index is 1.65. The summed E-state index contributed by atoms with van der Waals surface area (Å²) in [5, 5.41) is 15.1. The molecule has 0 aliphatic carbocycles. The van der Waals surface area contributed by atoms with E-state index in [0.717, 1.165) is 22.4 Å². The summed E-state index contributed by atoms with van der Waals surface area (Å²) in [7, 11) is 3.19. The van der Waals surface area contributed by atoms with E-state index < -0.39 is 0 Å². The number of anilines is 3. The molecule has 0 aliphatic rings. The normalized spacial score (nSPS) is 11.1. The van der Waals surface area contributed by atoms with Crippen LogP contribution in [-0.2, 0) is 0 Å². The maximum atomic E-state index is 5.39. The number of aromatic nitrogens is 4. The van der Waals surface area contributed by atoms with Crippen LogP contribution in [0.4, 0.5) is 17.3 Å². The van der Waals surface area contributed by atoms with Crippen molar-refractivity contribution < 1.29 is 14.1 Å². The van der Waals surface area contributed by atoms with Crippen molar-refractivity contribution in [1.29, 1.82) is 0 Å². The van der Waals surface area contributed by atoms with Crippen molar-refractivity contribution in [1.82, 2.24) is 20.3 Å². The third-order valence-electron chi connectivity index (χ3n) is 4.79. The molecule has 158 valence electrons. The Morgan fingerprint density at radius 3 is 2.48 bits per heavy atom. The molecule has 31 heavy (non-hydrogen) atoms. The van der Waals surface area contributed by atoms with Crippen molar-refractivity contribution in [3.05, 3.63) is 53.1 Å². The molecular formula is C21H21N7O3. The minimum atomic E-state index is 0.270. The highest BCUT2D eigenvalue weighted by Gasteiger charge is 2.14. The second kappa shape index (κ2) is 8.66. The molecule has 0 saturated carbocycles. The summed E-state index contributed by atoms with van der Waals surface area (Å²) in [6.07, 6.45) is 1.62. The second-order valence-electron chi connectivity index (χ2n) is 6.68. The van der Waals surface area contributed by atoms with E-state index in [9.17, 15) is 0 Å². The molecule has 0 bridgehead atoms. The third kappa shape index (κ3) is 4.22. The van der Waals surface area contributed by atoms with Crippen LogP contribution in [0.1, 0.15) is 16.7 Å². The summed E-state index contributed by atoms with van der Waals surface area (Å²) in [5.74, 6) is 2.13. The van der Waals surface area contributed by atoms with Crippen LogP contribution in [0, 0.1) is 13.8 Å². The lowest BCUT2D eigenvalue weighted by Crippen LogP contribution is -2.04. The van der Waals surface area contributed by atoms with E-state index in [1.807, 2.05) is 44.2 Å². The van der Waals surface area contributed by atoms with Crippen molar-refractivity contribution in [2.24, 2.45) is 5.10 Å². The van der Waals surface area contributed by atoms with Gasteiger partial charge >= 0.3 is 0 Å². The molecule has 0 unspecified atom stereocenters. The van der Waals surface area contributed by atoms with Gasteiger partial charge in [-0.05, 0) is 53.5 Å². The Kier molecular flexibility index (Phi) is 5.61. The van der Waals surface area contributed by atoms with Gasteiger partial charge in [-0.1, -0.05) is 12.1 Å². The van der Waals surface area contributed by atoms with Crippen LogP contribution in [-0.4, -0.2) is 40.7 Å². The number of hydrazone groups is 1. The summed E-state index contributed by atoms with van der Waals surface area (Å²) in [4.78, 5) is 8.88. The maximum Gasteiger partial charge on any atom is 0.245 e. The average Bonchev–Trinajstić information content (AvgIpc) is 3.24. The molecule has 10 nitrogen and oxygen atoms in total. The first-order chi connectivity index (χ1) is 15.1.